The number of nitrogens with one attached hydrogen (secondary N) is 1. The van der Waals surface area contributed by atoms with E-state index in [0.717, 1.165) is 11.1 Å². The molecule has 1 N–H and O–H groups in total. The van der Waals surface area contributed by atoms with Gasteiger partial charge in [-0.1, -0.05) is 50.3 Å². The first-order chi connectivity index (χ1) is 18.3. The molecule has 1 aromatic heterocycles. The van der Waals surface area contributed by atoms with E-state index < -0.39 is 17.7 Å². The predicted octanol–water partition coefficient (Wildman–Crippen LogP) is 6.69. The second-order valence-electron chi connectivity index (χ2n) is 11.1. The van der Waals surface area contributed by atoms with Gasteiger partial charge in [-0.2, -0.15) is 0 Å². The van der Waals surface area contributed by atoms with Crippen molar-refractivity contribution in [1.29, 1.82) is 0 Å². The molecular formula is C32H44N2O5. The molecule has 7 heteroatoms. The maximum Gasteiger partial charge on any atom is 0.407 e. The molecule has 0 fully saturated rings. The van der Waals surface area contributed by atoms with Gasteiger partial charge in [-0.25, -0.2) is 4.79 Å². The number of ether oxygens (including phenoxy) is 1. The largest absolute Gasteiger partial charge is 0.464 e. The molecule has 0 saturated heterocycles. The molecule has 1 heterocycles. The molecule has 39 heavy (non-hydrogen) atoms. The number of allylic oxidation sites excluding steroid dienone is 3. The third kappa shape index (κ3) is 9.27. The molecule has 7 nitrogen and oxygen atoms in total. The SMILES string of the molecule is C=C/C(=C\C)Cc1c(C(C(C)C)N(CCCNC(=O)OC(C)(C)C)C(=O)c2ccc(C)cc2)oc(C)cc1=O. The molecule has 2 rings (SSSR count). The van der Waals surface area contributed by atoms with Crippen molar-refractivity contribution in [2.75, 3.05) is 13.1 Å². The molecule has 2 aromatic rings. The van der Waals surface area contributed by atoms with Gasteiger partial charge in [0.1, 0.15) is 17.1 Å². The van der Waals surface area contributed by atoms with Gasteiger partial charge in [0.05, 0.1) is 6.04 Å². The number of rotatable bonds is 11. The van der Waals surface area contributed by atoms with E-state index in [1.54, 1.807) is 38.7 Å². The Hall–Kier alpha value is -3.61. The van der Waals surface area contributed by atoms with E-state index in [-0.39, 0.29) is 17.3 Å². The summed E-state index contributed by atoms with van der Waals surface area (Å²) in [6.45, 7) is 19.6. The maximum absolute atomic E-state index is 14.0. The molecule has 0 bridgehead atoms. The Morgan fingerprint density at radius 1 is 1.15 bits per heavy atom. The Kier molecular flexibility index (Phi) is 11.3. The highest BCUT2D eigenvalue weighted by molar-refractivity contribution is 5.94. The minimum atomic E-state index is -0.601. The van der Waals surface area contributed by atoms with Crippen molar-refractivity contribution in [3.63, 3.8) is 0 Å². The Morgan fingerprint density at radius 3 is 2.33 bits per heavy atom. The molecule has 0 saturated carbocycles. The summed E-state index contributed by atoms with van der Waals surface area (Å²) in [5.41, 5.74) is 2.28. The summed E-state index contributed by atoms with van der Waals surface area (Å²) in [5, 5.41) is 2.77. The van der Waals surface area contributed by atoms with Crippen molar-refractivity contribution >= 4 is 12.0 Å². The molecule has 2 amide bonds. The van der Waals surface area contributed by atoms with Crippen LogP contribution in [0.2, 0.25) is 0 Å². The van der Waals surface area contributed by atoms with Crippen LogP contribution in [-0.2, 0) is 11.2 Å². The van der Waals surface area contributed by atoms with Crippen LogP contribution in [0.5, 0.6) is 0 Å². The topological polar surface area (TPSA) is 88.8 Å². The molecule has 0 aliphatic rings. The minimum Gasteiger partial charge on any atom is -0.464 e. The van der Waals surface area contributed by atoms with Crippen LogP contribution < -0.4 is 10.7 Å². The zero-order chi connectivity index (χ0) is 29.3. The number of carbonyl (C=O) groups excluding carboxylic acids is 2. The number of nitrogens with zero attached hydrogens (tertiary/aromatic N) is 1. The lowest BCUT2D eigenvalue weighted by molar-refractivity contribution is 0.0516. The lowest BCUT2D eigenvalue weighted by Gasteiger charge is -2.35. The molecule has 212 valence electrons. The van der Waals surface area contributed by atoms with Crippen molar-refractivity contribution in [1.82, 2.24) is 10.2 Å². The summed E-state index contributed by atoms with van der Waals surface area (Å²) in [4.78, 5) is 41.1. The summed E-state index contributed by atoms with van der Waals surface area (Å²) in [7, 11) is 0. The second kappa shape index (κ2) is 14.0. The van der Waals surface area contributed by atoms with Gasteiger partial charge in [-0.05, 0) is 71.6 Å². The average molecular weight is 537 g/mol. The average Bonchev–Trinajstić information content (AvgIpc) is 2.84. The molecule has 0 aliphatic heterocycles. The van der Waals surface area contributed by atoms with E-state index in [1.165, 1.54) is 6.07 Å². The number of hydrogen-bond donors (Lipinski definition) is 1. The first kappa shape index (κ1) is 31.6. The van der Waals surface area contributed by atoms with E-state index >= 15 is 0 Å². The molecular weight excluding hydrogens is 492 g/mol. The number of carbonyl (C=O) groups is 2. The molecule has 0 radical (unpaired) electrons. The van der Waals surface area contributed by atoms with Crippen molar-refractivity contribution in [2.45, 2.75) is 79.9 Å². The summed E-state index contributed by atoms with van der Waals surface area (Å²) in [6, 6.07) is 8.41. The maximum atomic E-state index is 14.0. The standard InChI is InChI=1S/C32H44N2O5/c1-10-24(11-2)20-26-27(35)19-23(6)38-29(26)28(21(3)4)34(30(36)25-15-13-22(5)14-16-25)18-12-17-33-31(37)39-32(7,8)9/h10-11,13-16,19,21,28H,1,12,17-18,20H2,2-9H3,(H,33,37)/b24-11+. The third-order valence-corrected chi connectivity index (χ3v) is 6.25. The first-order valence-electron chi connectivity index (χ1n) is 13.5. The Morgan fingerprint density at radius 2 is 1.79 bits per heavy atom. The molecule has 1 aromatic carbocycles. The van der Waals surface area contributed by atoms with Crippen LogP contribution in [0.25, 0.3) is 0 Å². The van der Waals surface area contributed by atoms with Gasteiger partial charge in [0.2, 0.25) is 0 Å². The molecule has 0 spiro atoms. The van der Waals surface area contributed by atoms with Crippen LogP contribution in [0.1, 0.15) is 87.0 Å². The van der Waals surface area contributed by atoms with Crippen LogP contribution >= 0.6 is 0 Å². The zero-order valence-corrected chi connectivity index (χ0v) is 24.7. The van der Waals surface area contributed by atoms with Crippen molar-refractivity contribution < 1.29 is 18.7 Å². The van der Waals surface area contributed by atoms with Crippen molar-refractivity contribution in [3.8, 4) is 0 Å². The van der Waals surface area contributed by atoms with Gasteiger partial charge in [0, 0.05) is 36.7 Å². The number of amides is 2. The van der Waals surface area contributed by atoms with Crippen LogP contribution in [0, 0.1) is 19.8 Å². The number of alkyl carbamates (subject to hydrolysis) is 1. The van der Waals surface area contributed by atoms with E-state index in [4.69, 9.17) is 9.15 Å². The highest BCUT2D eigenvalue weighted by Gasteiger charge is 2.33. The highest BCUT2D eigenvalue weighted by Crippen LogP contribution is 2.33. The number of benzene rings is 1. The first-order valence-corrected chi connectivity index (χ1v) is 13.5. The fourth-order valence-electron chi connectivity index (χ4n) is 4.35. The predicted molar refractivity (Wildman–Crippen MR) is 156 cm³/mol. The Balaban J connectivity index is 2.52. The van der Waals surface area contributed by atoms with Gasteiger partial charge in [-0.15, -0.1) is 0 Å². The van der Waals surface area contributed by atoms with Crippen LogP contribution in [0.4, 0.5) is 4.79 Å². The quantitative estimate of drug-likeness (QED) is 0.255. The molecule has 1 unspecified atom stereocenters. The Labute approximate surface area is 232 Å². The fourth-order valence-corrected chi connectivity index (χ4v) is 4.35. The van der Waals surface area contributed by atoms with Crippen LogP contribution in [-0.4, -0.2) is 35.6 Å². The van der Waals surface area contributed by atoms with Gasteiger partial charge in [0.15, 0.2) is 5.43 Å². The summed E-state index contributed by atoms with van der Waals surface area (Å²) < 4.78 is 11.6. The van der Waals surface area contributed by atoms with E-state index in [2.05, 4.69) is 11.9 Å². The highest BCUT2D eigenvalue weighted by atomic mass is 16.6. The lowest BCUT2D eigenvalue weighted by atomic mass is 9.92. The number of aryl methyl sites for hydroxylation is 2. The molecule has 1 atom stereocenters. The van der Waals surface area contributed by atoms with Crippen molar-refractivity contribution in [3.05, 3.63) is 93.1 Å². The van der Waals surface area contributed by atoms with Crippen LogP contribution in [0.15, 0.2) is 63.8 Å². The summed E-state index contributed by atoms with van der Waals surface area (Å²) in [6.07, 6.45) is 3.98. The zero-order valence-electron chi connectivity index (χ0n) is 24.7. The third-order valence-electron chi connectivity index (χ3n) is 6.25. The van der Waals surface area contributed by atoms with Gasteiger partial charge < -0.3 is 19.4 Å². The number of hydrogen-bond acceptors (Lipinski definition) is 5. The smallest absolute Gasteiger partial charge is 0.407 e. The van der Waals surface area contributed by atoms with Gasteiger partial charge in [0.25, 0.3) is 5.91 Å². The normalized spacial score (nSPS) is 12.7. The van der Waals surface area contributed by atoms with E-state index in [0.29, 0.717) is 48.6 Å². The minimum absolute atomic E-state index is 0.0697. The van der Waals surface area contributed by atoms with E-state index in [9.17, 15) is 14.4 Å². The van der Waals surface area contributed by atoms with Crippen molar-refractivity contribution in [2.24, 2.45) is 5.92 Å². The monoisotopic (exact) mass is 536 g/mol. The van der Waals surface area contributed by atoms with Gasteiger partial charge >= 0.3 is 6.09 Å². The second-order valence-corrected chi connectivity index (χ2v) is 11.1. The van der Waals surface area contributed by atoms with Crippen LogP contribution in [0.3, 0.4) is 0 Å². The van der Waals surface area contributed by atoms with Gasteiger partial charge in [-0.3, -0.25) is 9.59 Å². The summed E-state index contributed by atoms with van der Waals surface area (Å²) >= 11 is 0. The van der Waals surface area contributed by atoms with E-state index in [1.807, 2.05) is 58.0 Å². The molecule has 0 aliphatic carbocycles. The summed E-state index contributed by atoms with van der Waals surface area (Å²) in [5.74, 6) is 0.729. The fraction of sp³-hybridized carbons (Fsp3) is 0.469. The Bertz CT molecular complexity index is 1230. The lowest BCUT2D eigenvalue weighted by Crippen LogP contribution is -2.41.